The Hall–Kier alpha value is -1.35. The van der Waals surface area contributed by atoms with Crippen molar-refractivity contribution in [2.75, 3.05) is 13.1 Å². The molecule has 1 N–H and O–H groups in total. The Bertz CT molecular complexity index is 528. The maximum atomic E-state index is 12.9. The Balaban J connectivity index is 1.83. The standard InChI is InChI=1S/C17H23NO2/c1-12-4-6-14(7-5-12)17(8-9-17)15(19)18-10-13(2)16(3,20)11-18/h4-7,13,20H,8-11H2,1-3H3/t13-,16+/m1/s1. The van der Waals surface area contributed by atoms with Gasteiger partial charge in [0.05, 0.1) is 11.0 Å². The highest BCUT2D eigenvalue weighted by molar-refractivity contribution is 5.91. The van der Waals surface area contributed by atoms with Crippen LogP contribution in [0.5, 0.6) is 0 Å². The van der Waals surface area contributed by atoms with Gasteiger partial charge in [-0.25, -0.2) is 0 Å². The van der Waals surface area contributed by atoms with Crippen LogP contribution in [0.15, 0.2) is 24.3 Å². The lowest BCUT2D eigenvalue weighted by molar-refractivity contribution is -0.133. The van der Waals surface area contributed by atoms with E-state index in [1.54, 1.807) is 0 Å². The Morgan fingerprint density at radius 3 is 2.35 bits per heavy atom. The molecule has 1 aliphatic heterocycles. The fraction of sp³-hybridized carbons (Fsp3) is 0.588. The molecule has 2 atom stereocenters. The third-order valence-corrected chi connectivity index (χ3v) is 5.12. The van der Waals surface area contributed by atoms with Crippen LogP contribution < -0.4 is 0 Å². The molecule has 3 nitrogen and oxygen atoms in total. The molecular weight excluding hydrogens is 250 g/mol. The molecule has 0 spiro atoms. The summed E-state index contributed by atoms with van der Waals surface area (Å²) in [6.45, 7) is 7.03. The Morgan fingerprint density at radius 2 is 1.90 bits per heavy atom. The van der Waals surface area contributed by atoms with Crippen LogP contribution in [0.4, 0.5) is 0 Å². The number of carbonyl (C=O) groups excluding carboxylic acids is 1. The number of aryl methyl sites for hydroxylation is 1. The zero-order valence-corrected chi connectivity index (χ0v) is 12.5. The number of β-amino-alcohol motifs (C(OH)–C–C–N with tert-alkyl or cyclic N) is 1. The molecule has 1 aromatic rings. The third-order valence-electron chi connectivity index (χ3n) is 5.12. The van der Waals surface area contributed by atoms with Crippen LogP contribution in [-0.4, -0.2) is 34.6 Å². The van der Waals surface area contributed by atoms with E-state index in [1.165, 1.54) is 5.56 Å². The van der Waals surface area contributed by atoms with Crippen molar-refractivity contribution in [2.45, 2.75) is 44.6 Å². The van der Waals surface area contributed by atoms with Crippen molar-refractivity contribution in [1.82, 2.24) is 4.90 Å². The van der Waals surface area contributed by atoms with Gasteiger partial charge in [-0.05, 0) is 32.3 Å². The number of carbonyl (C=O) groups is 1. The third kappa shape index (κ3) is 2.05. The summed E-state index contributed by atoms with van der Waals surface area (Å²) in [6.07, 6.45) is 1.86. The minimum atomic E-state index is -0.751. The SMILES string of the molecule is Cc1ccc(C2(C(=O)N3C[C@@H](C)[C@@](C)(O)C3)CC2)cc1. The molecule has 1 saturated heterocycles. The van der Waals surface area contributed by atoms with E-state index in [1.807, 2.05) is 18.7 Å². The fourth-order valence-corrected chi connectivity index (χ4v) is 3.22. The fourth-order valence-electron chi connectivity index (χ4n) is 3.22. The number of hydrogen-bond donors (Lipinski definition) is 1. The first kappa shape index (κ1) is 13.6. The van der Waals surface area contributed by atoms with Crippen LogP contribution in [0.3, 0.4) is 0 Å². The highest BCUT2D eigenvalue weighted by Crippen LogP contribution is 2.50. The van der Waals surface area contributed by atoms with Gasteiger partial charge >= 0.3 is 0 Å². The first-order chi connectivity index (χ1) is 9.35. The molecule has 2 fully saturated rings. The summed E-state index contributed by atoms with van der Waals surface area (Å²) in [7, 11) is 0. The number of hydrogen-bond acceptors (Lipinski definition) is 2. The Morgan fingerprint density at radius 1 is 1.30 bits per heavy atom. The Kier molecular flexibility index (Phi) is 2.94. The van der Waals surface area contributed by atoms with E-state index >= 15 is 0 Å². The number of aliphatic hydroxyl groups is 1. The molecule has 0 radical (unpaired) electrons. The molecule has 20 heavy (non-hydrogen) atoms. The van der Waals surface area contributed by atoms with Crippen LogP contribution in [0, 0.1) is 12.8 Å². The smallest absolute Gasteiger partial charge is 0.233 e. The van der Waals surface area contributed by atoms with Crippen LogP contribution in [-0.2, 0) is 10.2 Å². The second kappa shape index (κ2) is 4.32. The lowest BCUT2D eigenvalue weighted by Crippen LogP contribution is -2.40. The molecule has 3 rings (SSSR count). The predicted octanol–water partition coefficient (Wildman–Crippen LogP) is 2.26. The van der Waals surface area contributed by atoms with Crippen LogP contribution in [0.1, 0.15) is 37.8 Å². The summed E-state index contributed by atoms with van der Waals surface area (Å²) in [6, 6.07) is 8.31. The summed E-state index contributed by atoms with van der Waals surface area (Å²) in [5, 5.41) is 10.3. The van der Waals surface area contributed by atoms with Gasteiger partial charge < -0.3 is 10.0 Å². The van der Waals surface area contributed by atoms with Gasteiger partial charge in [0.15, 0.2) is 0 Å². The van der Waals surface area contributed by atoms with Gasteiger partial charge in [0, 0.05) is 19.0 Å². The quantitative estimate of drug-likeness (QED) is 0.898. The highest BCUT2D eigenvalue weighted by atomic mass is 16.3. The number of rotatable bonds is 2. The maximum absolute atomic E-state index is 12.9. The van der Waals surface area contributed by atoms with Crippen LogP contribution in [0.2, 0.25) is 0 Å². The van der Waals surface area contributed by atoms with Crippen molar-refractivity contribution >= 4 is 5.91 Å². The molecule has 1 saturated carbocycles. The molecule has 0 bridgehead atoms. The lowest BCUT2D eigenvalue weighted by atomic mass is 9.93. The van der Waals surface area contributed by atoms with Gasteiger partial charge in [-0.1, -0.05) is 36.8 Å². The molecular formula is C17H23NO2. The molecule has 0 aromatic heterocycles. The number of nitrogens with zero attached hydrogens (tertiary/aromatic N) is 1. The minimum absolute atomic E-state index is 0.139. The molecule has 1 aliphatic carbocycles. The van der Waals surface area contributed by atoms with Crippen molar-refractivity contribution in [3.63, 3.8) is 0 Å². The van der Waals surface area contributed by atoms with Crippen molar-refractivity contribution in [2.24, 2.45) is 5.92 Å². The van der Waals surface area contributed by atoms with Gasteiger partial charge in [-0.3, -0.25) is 4.79 Å². The minimum Gasteiger partial charge on any atom is -0.388 e. The van der Waals surface area contributed by atoms with Crippen molar-refractivity contribution < 1.29 is 9.90 Å². The summed E-state index contributed by atoms with van der Waals surface area (Å²) in [4.78, 5) is 14.7. The average Bonchev–Trinajstić information content (AvgIpc) is 3.14. The second-order valence-corrected chi connectivity index (χ2v) is 6.89. The molecule has 0 unspecified atom stereocenters. The van der Waals surface area contributed by atoms with Gasteiger partial charge in [0.2, 0.25) is 5.91 Å². The van der Waals surface area contributed by atoms with E-state index in [-0.39, 0.29) is 17.2 Å². The summed E-state index contributed by atoms with van der Waals surface area (Å²) in [5.74, 6) is 0.339. The lowest BCUT2D eigenvalue weighted by Gasteiger charge is -2.24. The van der Waals surface area contributed by atoms with Crippen molar-refractivity contribution in [3.8, 4) is 0 Å². The van der Waals surface area contributed by atoms with Crippen LogP contribution >= 0.6 is 0 Å². The van der Waals surface area contributed by atoms with E-state index in [0.29, 0.717) is 13.1 Å². The number of likely N-dealkylation sites (tertiary alicyclic amines) is 1. The molecule has 108 valence electrons. The Labute approximate surface area is 120 Å². The maximum Gasteiger partial charge on any atom is 0.233 e. The highest BCUT2D eigenvalue weighted by Gasteiger charge is 2.55. The first-order valence-electron chi connectivity index (χ1n) is 7.44. The monoisotopic (exact) mass is 273 g/mol. The average molecular weight is 273 g/mol. The summed E-state index contributed by atoms with van der Waals surface area (Å²) >= 11 is 0. The molecule has 1 heterocycles. The number of amides is 1. The molecule has 1 amide bonds. The van der Waals surface area contributed by atoms with Gasteiger partial charge in [0.25, 0.3) is 0 Å². The zero-order valence-electron chi connectivity index (χ0n) is 12.5. The van der Waals surface area contributed by atoms with Crippen molar-refractivity contribution in [1.29, 1.82) is 0 Å². The number of benzene rings is 1. The summed E-state index contributed by atoms with van der Waals surface area (Å²) < 4.78 is 0. The molecule has 3 heteroatoms. The largest absolute Gasteiger partial charge is 0.388 e. The molecule has 2 aliphatic rings. The summed E-state index contributed by atoms with van der Waals surface area (Å²) in [5.41, 5.74) is 1.29. The second-order valence-electron chi connectivity index (χ2n) is 6.89. The molecule has 1 aromatic carbocycles. The first-order valence-corrected chi connectivity index (χ1v) is 7.44. The van der Waals surface area contributed by atoms with Crippen molar-refractivity contribution in [3.05, 3.63) is 35.4 Å². The van der Waals surface area contributed by atoms with E-state index in [9.17, 15) is 9.90 Å². The van der Waals surface area contributed by atoms with Gasteiger partial charge in [0.1, 0.15) is 0 Å². The van der Waals surface area contributed by atoms with E-state index in [4.69, 9.17) is 0 Å². The zero-order chi connectivity index (χ0) is 14.5. The van der Waals surface area contributed by atoms with Gasteiger partial charge in [-0.2, -0.15) is 0 Å². The van der Waals surface area contributed by atoms with Gasteiger partial charge in [-0.15, -0.1) is 0 Å². The van der Waals surface area contributed by atoms with E-state index in [2.05, 4.69) is 31.2 Å². The van der Waals surface area contributed by atoms with Crippen LogP contribution in [0.25, 0.3) is 0 Å². The van der Waals surface area contributed by atoms with E-state index < -0.39 is 5.60 Å². The van der Waals surface area contributed by atoms with E-state index in [0.717, 1.165) is 18.4 Å². The normalized spacial score (nSPS) is 31.4. The topological polar surface area (TPSA) is 40.5 Å². The predicted molar refractivity (Wildman–Crippen MR) is 78.5 cm³/mol.